The molecule has 1 atom stereocenters. The second-order valence-electron chi connectivity index (χ2n) is 4.96. The topological polar surface area (TPSA) is 98.7 Å². The van der Waals surface area contributed by atoms with Crippen molar-refractivity contribution in [3.8, 4) is 11.4 Å². The summed E-state index contributed by atoms with van der Waals surface area (Å²) in [6.07, 6.45) is 5.36. The van der Waals surface area contributed by atoms with Gasteiger partial charge in [-0.15, -0.1) is 10.2 Å². The maximum Gasteiger partial charge on any atom is 0.230 e. The van der Waals surface area contributed by atoms with Gasteiger partial charge in [0.25, 0.3) is 0 Å². The van der Waals surface area contributed by atoms with Gasteiger partial charge in [-0.3, -0.25) is 9.78 Å². The number of thioether (sulfide) groups is 1. The van der Waals surface area contributed by atoms with Crippen LogP contribution in [0.15, 0.2) is 29.7 Å². The predicted molar refractivity (Wildman–Crippen MR) is 86.6 cm³/mol. The lowest BCUT2D eigenvalue weighted by Gasteiger charge is -2.12. The molecule has 2 heterocycles. The third kappa shape index (κ3) is 4.20. The van der Waals surface area contributed by atoms with Crippen LogP contribution in [0.1, 0.15) is 26.7 Å². The molecule has 8 heteroatoms. The summed E-state index contributed by atoms with van der Waals surface area (Å²) in [5.41, 5.74) is 0.783. The highest BCUT2D eigenvalue weighted by Crippen LogP contribution is 2.20. The highest BCUT2D eigenvalue weighted by Gasteiger charge is 2.14. The van der Waals surface area contributed by atoms with Crippen molar-refractivity contribution in [2.75, 3.05) is 11.6 Å². The van der Waals surface area contributed by atoms with Crippen molar-refractivity contribution in [1.82, 2.24) is 25.2 Å². The number of carbonyl (C=O) groups excluding carboxylic acids is 1. The van der Waals surface area contributed by atoms with Crippen LogP contribution in [0.2, 0.25) is 0 Å². The number of nitrogens with zero attached hydrogens (tertiary/aromatic N) is 4. The lowest BCUT2D eigenvalue weighted by atomic mass is 10.2. The molecule has 3 N–H and O–H groups in total. The van der Waals surface area contributed by atoms with E-state index in [4.69, 9.17) is 5.84 Å². The lowest BCUT2D eigenvalue weighted by molar-refractivity contribution is -0.119. The molecule has 0 spiro atoms. The number of nitrogens with two attached hydrogens (primary N) is 1. The fourth-order valence-electron chi connectivity index (χ4n) is 2.02. The third-order valence-corrected chi connectivity index (χ3v) is 3.99. The van der Waals surface area contributed by atoms with Crippen molar-refractivity contribution >= 4 is 17.7 Å². The number of hydrogen-bond donors (Lipinski definition) is 2. The molecular formula is C14H20N6OS. The maximum absolute atomic E-state index is 11.8. The molecular weight excluding hydrogens is 300 g/mol. The van der Waals surface area contributed by atoms with Crippen LogP contribution < -0.4 is 11.2 Å². The number of rotatable bonds is 7. The van der Waals surface area contributed by atoms with Gasteiger partial charge in [0.2, 0.25) is 11.1 Å². The first-order valence-electron chi connectivity index (χ1n) is 7.14. The molecule has 0 aliphatic heterocycles. The molecule has 0 bridgehead atoms. The smallest absolute Gasteiger partial charge is 0.230 e. The average molecular weight is 320 g/mol. The monoisotopic (exact) mass is 320 g/mol. The number of pyridine rings is 1. The Morgan fingerprint density at radius 2 is 2.32 bits per heavy atom. The Kier molecular flexibility index (Phi) is 5.76. The number of nitrogen functional groups attached to an aromatic ring is 1. The molecule has 0 saturated heterocycles. The van der Waals surface area contributed by atoms with E-state index in [-0.39, 0.29) is 17.7 Å². The molecule has 0 saturated carbocycles. The van der Waals surface area contributed by atoms with Gasteiger partial charge < -0.3 is 11.2 Å². The van der Waals surface area contributed by atoms with Gasteiger partial charge in [0.1, 0.15) is 0 Å². The number of aromatic nitrogens is 4. The van der Waals surface area contributed by atoms with E-state index in [1.165, 1.54) is 16.4 Å². The van der Waals surface area contributed by atoms with E-state index in [2.05, 4.69) is 27.4 Å². The van der Waals surface area contributed by atoms with Gasteiger partial charge in [-0.05, 0) is 25.5 Å². The summed E-state index contributed by atoms with van der Waals surface area (Å²) in [6.45, 7) is 4.09. The van der Waals surface area contributed by atoms with Crippen molar-refractivity contribution in [2.45, 2.75) is 37.9 Å². The van der Waals surface area contributed by atoms with Crippen LogP contribution in [0.5, 0.6) is 0 Å². The van der Waals surface area contributed by atoms with Gasteiger partial charge in [0.05, 0.1) is 5.75 Å². The number of amides is 1. The quantitative estimate of drug-likeness (QED) is 0.592. The molecule has 118 valence electrons. The van der Waals surface area contributed by atoms with Crippen LogP contribution in [0, 0.1) is 0 Å². The second kappa shape index (κ2) is 7.79. The third-order valence-electron chi connectivity index (χ3n) is 3.05. The summed E-state index contributed by atoms with van der Waals surface area (Å²) in [7, 11) is 0. The van der Waals surface area contributed by atoms with Crippen molar-refractivity contribution in [3.05, 3.63) is 24.5 Å². The van der Waals surface area contributed by atoms with Crippen LogP contribution in [0.25, 0.3) is 11.4 Å². The maximum atomic E-state index is 11.8. The molecule has 0 aromatic carbocycles. The van der Waals surface area contributed by atoms with Crippen LogP contribution in [-0.2, 0) is 4.79 Å². The Balaban J connectivity index is 1.95. The van der Waals surface area contributed by atoms with Crippen molar-refractivity contribution in [1.29, 1.82) is 0 Å². The van der Waals surface area contributed by atoms with Crippen molar-refractivity contribution in [3.63, 3.8) is 0 Å². The number of nitrogens with one attached hydrogen (secondary N) is 1. The van der Waals surface area contributed by atoms with Gasteiger partial charge in [-0.2, -0.15) is 0 Å². The van der Waals surface area contributed by atoms with Gasteiger partial charge >= 0.3 is 0 Å². The Morgan fingerprint density at radius 3 is 3.00 bits per heavy atom. The zero-order chi connectivity index (χ0) is 15.9. The van der Waals surface area contributed by atoms with E-state index in [0.29, 0.717) is 11.0 Å². The first-order valence-corrected chi connectivity index (χ1v) is 8.13. The summed E-state index contributed by atoms with van der Waals surface area (Å²) >= 11 is 1.26. The van der Waals surface area contributed by atoms with Gasteiger partial charge in [-0.25, -0.2) is 4.68 Å². The normalized spacial score (nSPS) is 12.1. The Bertz CT molecular complexity index is 615. The SMILES string of the molecule is CCC[C@H](C)NC(=O)CSc1nnc(-c2cccnc2)n1N. The Labute approximate surface area is 133 Å². The van der Waals surface area contributed by atoms with E-state index in [9.17, 15) is 4.79 Å². The van der Waals surface area contributed by atoms with Crippen molar-refractivity contribution in [2.24, 2.45) is 0 Å². The molecule has 2 aromatic rings. The fraction of sp³-hybridized carbons (Fsp3) is 0.429. The zero-order valence-electron chi connectivity index (χ0n) is 12.7. The molecule has 0 fully saturated rings. The first kappa shape index (κ1) is 16.3. The fourth-order valence-corrected chi connectivity index (χ4v) is 2.69. The standard InChI is InChI=1S/C14H20N6OS/c1-3-5-10(2)17-12(21)9-22-14-19-18-13(20(14)15)11-6-4-7-16-8-11/h4,6-8,10H,3,5,9,15H2,1-2H3,(H,17,21)/t10-/m0/s1. The number of hydrogen-bond acceptors (Lipinski definition) is 6. The van der Waals surface area contributed by atoms with Crippen molar-refractivity contribution < 1.29 is 4.79 Å². The molecule has 0 radical (unpaired) electrons. The van der Waals surface area contributed by atoms with E-state index in [1.54, 1.807) is 18.5 Å². The molecule has 2 rings (SSSR count). The molecule has 22 heavy (non-hydrogen) atoms. The van der Waals surface area contributed by atoms with Crippen LogP contribution in [-0.4, -0.2) is 37.6 Å². The van der Waals surface area contributed by atoms with Crippen LogP contribution in [0.3, 0.4) is 0 Å². The Morgan fingerprint density at radius 1 is 1.50 bits per heavy atom. The minimum absolute atomic E-state index is 0.0307. The minimum atomic E-state index is -0.0307. The molecule has 1 amide bonds. The van der Waals surface area contributed by atoms with Gasteiger partial charge in [0.15, 0.2) is 5.82 Å². The minimum Gasteiger partial charge on any atom is -0.353 e. The highest BCUT2D eigenvalue weighted by molar-refractivity contribution is 7.99. The summed E-state index contributed by atoms with van der Waals surface area (Å²) in [5.74, 6) is 6.74. The molecule has 0 aliphatic rings. The molecule has 2 aromatic heterocycles. The number of carbonyl (C=O) groups is 1. The molecule has 0 unspecified atom stereocenters. The molecule has 7 nitrogen and oxygen atoms in total. The van der Waals surface area contributed by atoms with E-state index >= 15 is 0 Å². The van der Waals surface area contributed by atoms with E-state index < -0.39 is 0 Å². The van der Waals surface area contributed by atoms with Gasteiger partial charge in [0, 0.05) is 24.0 Å². The van der Waals surface area contributed by atoms with E-state index in [0.717, 1.165) is 18.4 Å². The average Bonchev–Trinajstić information content (AvgIpc) is 2.87. The Hall–Kier alpha value is -2.09. The summed E-state index contributed by atoms with van der Waals surface area (Å²) in [6, 6.07) is 3.84. The van der Waals surface area contributed by atoms with E-state index in [1.807, 2.05) is 13.0 Å². The predicted octanol–water partition coefficient (Wildman–Crippen LogP) is 1.45. The second-order valence-corrected chi connectivity index (χ2v) is 5.91. The zero-order valence-corrected chi connectivity index (χ0v) is 13.5. The summed E-state index contributed by atoms with van der Waals surface area (Å²) < 4.78 is 1.38. The van der Waals surface area contributed by atoms with Gasteiger partial charge in [-0.1, -0.05) is 25.1 Å². The molecule has 0 aliphatic carbocycles. The van der Waals surface area contributed by atoms with Crippen LogP contribution >= 0.6 is 11.8 Å². The first-order chi connectivity index (χ1) is 10.6. The highest BCUT2D eigenvalue weighted by atomic mass is 32.2. The van der Waals surface area contributed by atoms with Crippen LogP contribution in [0.4, 0.5) is 0 Å². The largest absolute Gasteiger partial charge is 0.353 e. The summed E-state index contributed by atoms with van der Waals surface area (Å²) in [5, 5.41) is 11.5. The lowest BCUT2D eigenvalue weighted by Crippen LogP contribution is -2.33. The summed E-state index contributed by atoms with van der Waals surface area (Å²) in [4.78, 5) is 15.9.